The molecule has 0 atom stereocenters. The van der Waals surface area contributed by atoms with Gasteiger partial charge in [-0.15, -0.1) is 0 Å². The zero-order valence-electron chi connectivity index (χ0n) is 13.4. The van der Waals surface area contributed by atoms with Crippen molar-refractivity contribution >= 4 is 11.6 Å². The summed E-state index contributed by atoms with van der Waals surface area (Å²) in [6.45, 7) is 4.31. The highest BCUT2D eigenvalue weighted by molar-refractivity contribution is 5.88. The Morgan fingerprint density at radius 1 is 1.25 bits per heavy atom. The van der Waals surface area contributed by atoms with E-state index in [1.54, 1.807) is 13.0 Å². The monoisotopic (exact) mass is 327 g/mol. The highest BCUT2D eigenvalue weighted by atomic mass is 16.5. The number of rotatable bonds is 5. The molecule has 2 aromatic heterocycles. The number of hydrogen-bond donors (Lipinski definition) is 1. The van der Waals surface area contributed by atoms with E-state index < -0.39 is 11.5 Å². The minimum absolute atomic E-state index is 0.110. The van der Waals surface area contributed by atoms with Gasteiger partial charge in [0, 0.05) is 17.8 Å². The molecule has 1 N–H and O–H groups in total. The Hall–Kier alpha value is -3.09. The number of carbonyl (C=O) groups is 1. The van der Waals surface area contributed by atoms with Crippen LogP contribution in [0.15, 0.2) is 41.3 Å². The number of fused-ring (bicyclic) bond motifs is 1. The molecule has 3 aromatic rings. The van der Waals surface area contributed by atoms with Crippen molar-refractivity contribution in [1.82, 2.24) is 14.6 Å². The fourth-order valence-electron chi connectivity index (χ4n) is 2.42. The van der Waals surface area contributed by atoms with Crippen LogP contribution >= 0.6 is 0 Å². The molecule has 0 saturated heterocycles. The van der Waals surface area contributed by atoms with Crippen molar-refractivity contribution in [2.45, 2.75) is 13.8 Å². The van der Waals surface area contributed by atoms with Gasteiger partial charge < -0.3 is 9.47 Å². The summed E-state index contributed by atoms with van der Waals surface area (Å²) in [4.78, 5) is 28.4. The van der Waals surface area contributed by atoms with E-state index >= 15 is 0 Å². The molecule has 7 nitrogen and oxygen atoms in total. The van der Waals surface area contributed by atoms with Crippen LogP contribution in [-0.2, 0) is 4.74 Å². The summed E-state index contributed by atoms with van der Waals surface area (Å²) in [5, 5.41) is 2.97. The number of esters is 1. The molecule has 3 rings (SSSR count). The van der Waals surface area contributed by atoms with Gasteiger partial charge in [-0.25, -0.2) is 14.3 Å². The standard InChI is InChI=1S/C17H17N3O4/c1-3-23-14-8-6-5-7-11(14)13-9-15-18-10-12(17(22)24-4-2)16(21)20(15)19-13/h5-10,19H,3-4H2,1-2H3. The van der Waals surface area contributed by atoms with E-state index in [2.05, 4.69) is 10.1 Å². The molecule has 0 aliphatic rings. The number of nitrogens with one attached hydrogen (secondary N) is 1. The van der Waals surface area contributed by atoms with Gasteiger partial charge >= 0.3 is 5.97 Å². The molecule has 0 aliphatic heterocycles. The molecule has 0 radical (unpaired) electrons. The smallest absolute Gasteiger partial charge is 0.345 e. The van der Waals surface area contributed by atoms with Crippen molar-refractivity contribution in [3.05, 3.63) is 52.4 Å². The SMILES string of the molecule is CCOC(=O)c1cnc2cc(-c3ccccc3OCC)[nH]n2c1=O. The van der Waals surface area contributed by atoms with Crippen LogP contribution in [0.2, 0.25) is 0 Å². The summed E-state index contributed by atoms with van der Waals surface area (Å²) < 4.78 is 11.7. The lowest BCUT2D eigenvalue weighted by Gasteiger charge is -2.07. The van der Waals surface area contributed by atoms with Crippen molar-refractivity contribution in [3.8, 4) is 17.0 Å². The Labute approximate surface area is 137 Å². The molecule has 0 unspecified atom stereocenters. The number of H-pyrrole nitrogens is 1. The third kappa shape index (κ3) is 2.76. The van der Waals surface area contributed by atoms with Crippen LogP contribution in [0.4, 0.5) is 0 Å². The van der Waals surface area contributed by atoms with Gasteiger partial charge in [0.25, 0.3) is 5.56 Å². The normalized spacial score (nSPS) is 10.8. The van der Waals surface area contributed by atoms with E-state index in [0.29, 0.717) is 23.7 Å². The first-order chi connectivity index (χ1) is 11.7. The fraction of sp³-hybridized carbons (Fsp3) is 0.235. The maximum Gasteiger partial charge on any atom is 0.345 e. The fourth-order valence-corrected chi connectivity index (χ4v) is 2.42. The molecule has 0 spiro atoms. The Bertz CT molecular complexity index is 942. The number of para-hydroxylation sites is 1. The largest absolute Gasteiger partial charge is 0.493 e. The summed E-state index contributed by atoms with van der Waals surface area (Å²) in [5.74, 6) is 0.0143. The predicted octanol–water partition coefficient (Wildman–Crippen LogP) is 2.26. The molecule has 0 fully saturated rings. The van der Waals surface area contributed by atoms with Crippen LogP contribution < -0.4 is 10.3 Å². The minimum atomic E-state index is -0.685. The summed E-state index contributed by atoms with van der Waals surface area (Å²) in [6, 6.07) is 9.22. The van der Waals surface area contributed by atoms with Crippen LogP contribution in [0.1, 0.15) is 24.2 Å². The van der Waals surface area contributed by atoms with E-state index in [4.69, 9.17) is 9.47 Å². The lowest BCUT2D eigenvalue weighted by atomic mass is 10.1. The second-order valence-corrected chi connectivity index (χ2v) is 4.99. The number of ether oxygens (including phenoxy) is 2. The number of aromatic amines is 1. The zero-order valence-corrected chi connectivity index (χ0v) is 13.4. The number of nitrogens with zero attached hydrogens (tertiary/aromatic N) is 2. The van der Waals surface area contributed by atoms with Crippen LogP contribution in [-0.4, -0.2) is 33.8 Å². The van der Waals surface area contributed by atoms with E-state index in [1.165, 1.54) is 10.7 Å². The van der Waals surface area contributed by atoms with Crippen LogP contribution in [0, 0.1) is 0 Å². The molecular weight excluding hydrogens is 310 g/mol. The topological polar surface area (TPSA) is 85.7 Å². The first kappa shape index (κ1) is 15.8. The Balaban J connectivity index is 2.12. The third-order valence-electron chi connectivity index (χ3n) is 3.47. The molecule has 1 aromatic carbocycles. The first-order valence-electron chi connectivity index (χ1n) is 7.65. The van der Waals surface area contributed by atoms with Gasteiger partial charge in [-0.05, 0) is 26.0 Å². The van der Waals surface area contributed by atoms with Crippen LogP contribution in [0.25, 0.3) is 16.9 Å². The summed E-state index contributed by atoms with van der Waals surface area (Å²) in [7, 11) is 0. The molecule has 0 aliphatic carbocycles. The van der Waals surface area contributed by atoms with Gasteiger partial charge in [0.1, 0.15) is 11.3 Å². The van der Waals surface area contributed by atoms with Gasteiger partial charge in [-0.1, -0.05) is 12.1 Å². The van der Waals surface area contributed by atoms with Gasteiger partial charge in [-0.2, -0.15) is 0 Å². The maximum atomic E-state index is 12.5. The van der Waals surface area contributed by atoms with Crippen molar-refractivity contribution < 1.29 is 14.3 Å². The van der Waals surface area contributed by atoms with Crippen molar-refractivity contribution in [3.63, 3.8) is 0 Å². The Morgan fingerprint density at radius 2 is 2.04 bits per heavy atom. The second-order valence-electron chi connectivity index (χ2n) is 4.99. The average molecular weight is 327 g/mol. The van der Waals surface area contributed by atoms with Gasteiger partial charge in [0.05, 0.1) is 18.9 Å². The molecule has 0 amide bonds. The van der Waals surface area contributed by atoms with Gasteiger partial charge in [0.2, 0.25) is 0 Å². The third-order valence-corrected chi connectivity index (χ3v) is 3.47. The summed E-state index contributed by atoms with van der Waals surface area (Å²) in [6.07, 6.45) is 1.24. The van der Waals surface area contributed by atoms with E-state index in [9.17, 15) is 9.59 Å². The Morgan fingerprint density at radius 3 is 2.79 bits per heavy atom. The zero-order chi connectivity index (χ0) is 17.1. The summed E-state index contributed by atoms with van der Waals surface area (Å²) in [5.41, 5.74) is 1.28. The maximum absolute atomic E-state index is 12.5. The van der Waals surface area contributed by atoms with Crippen molar-refractivity contribution in [1.29, 1.82) is 0 Å². The van der Waals surface area contributed by atoms with E-state index in [1.807, 2.05) is 31.2 Å². The lowest BCUT2D eigenvalue weighted by Crippen LogP contribution is -2.24. The molecular formula is C17H17N3O4. The first-order valence-corrected chi connectivity index (χ1v) is 7.65. The Kier molecular flexibility index (Phi) is 4.33. The number of benzene rings is 1. The average Bonchev–Trinajstić information content (AvgIpc) is 3.01. The predicted molar refractivity (Wildman–Crippen MR) is 88.4 cm³/mol. The second kappa shape index (κ2) is 6.57. The van der Waals surface area contributed by atoms with Crippen LogP contribution in [0.3, 0.4) is 0 Å². The van der Waals surface area contributed by atoms with Crippen molar-refractivity contribution in [2.24, 2.45) is 0 Å². The number of carbonyl (C=O) groups excluding carboxylic acids is 1. The van der Waals surface area contributed by atoms with Crippen molar-refractivity contribution in [2.75, 3.05) is 13.2 Å². The van der Waals surface area contributed by atoms with Gasteiger partial charge in [-0.3, -0.25) is 9.89 Å². The molecule has 2 heterocycles. The molecule has 124 valence electrons. The minimum Gasteiger partial charge on any atom is -0.493 e. The number of hydrogen-bond acceptors (Lipinski definition) is 5. The van der Waals surface area contributed by atoms with E-state index in [-0.39, 0.29) is 12.2 Å². The number of aromatic nitrogens is 3. The van der Waals surface area contributed by atoms with Gasteiger partial charge in [0.15, 0.2) is 5.65 Å². The highest BCUT2D eigenvalue weighted by Crippen LogP contribution is 2.28. The quantitative estimate of drug-likeness (QED) is 0.727. The lowest BCUT2D eigenvalue weighted by molar-refractivity contribution is 0.0523. The molecule has 0 saturated carbocycles. The highest BCUT2D eigenvalue weighted by Gasteiger charge is 2.17. The molecule has 24 heavy (non-hydrogen) atoms. The summed E-state index contributed by atoms with van der Waals surface area (Å²) >= 11 is 0. The van der Waals surface area contributed by atoms with E-state index in [0.717, 1.165) is 5.56 Å². The van der Waals surface area contributed by atoms with Crippen LogP contribution in [0.5, 0.6) is 5.75 Å². The molecule has 0 bridgehead atoms. The molecule has 7 heteroatoms.